The lowest BCUT2D eigenvalue weighted by molar-refractivity contribution is -0.0257. The second-order valence-corrected chi connectivity index (χ2v) is 6.97. The molecule has 7 heteroatoms. The van der Waals surface area contributed by atoms with Crippen molar-refractivity contribution in [1.29, 1.82) is 0 Å². The Labute approximate surface area is 161 Å². The first kappa shape index (κ1) is 16.8. The molecule has 1 aliphatic heterocycles. The number of rotatable bonds is 2. The van der Waals surface area contributed by atoms with Crippen LogP contribution in [0.1, 0.15) is 27.8 Å². The third-order valence-electron chi connectivity index (χ3n) is 5.09. The number of carbonyl (C=O) groups is 1. The molecule has 0 aliphatic carbocycles. The number of morpholine rings is 1. The van der Waals surface area contributed by atoms with Gasteiger partial charge in [-0.05, 0) is 35.9 Å². The molecule has 3 heterocycles. The zero-order valence-electron chi connectivity index (χ0n) is 15.4. The predicted molar refractivity (Wildman–Crippen MR) is 104 cm³/mol. The molecule has 0 saturated carbocycles. The summed E-state index contributed by atoms with van der Waals surface area (Å²) >= 11 is 0. The van der Waals surface area contributed by atoms with Crippen molar-refractivity contribution in [2.75, 3.05) is 19.7 Å². The fourth-order valence-electron chi connectivity index (χ4n) is 3.71. The Morgan fingerprint density at radius 3 is 2.89 bits per heavy atom. The lowest BCUT2D eigenvalue weighted by Crippen LogP contribution is -2.42. The average Bonchev–Trinajstić information content (AvgIpc) is 3.20. The van der Waals surface area contributed by atoms with E-state index in [9.17, 15) is 4.79 Å². The van der Waals surface area contributed by atoms with Crippen LogP contribution in [0.3, 0.4) is 0 Å². The molecule has 7 nitrogen and oxygen atoms in total. The standard InChI is InChI=1S/C21H19N5O2/c1-14-10-18(26-21(24-14)22-13-23-26)19-12-25(8-9-28-19)20(27)17-7-6-15-4-2-3-5-16(15)11-17/h2-7,10-11,13,19H,8-9,12H2,1H3/t19-/m1/s1. The molecule has 2 aromatic heterocycles. The number of nitrogens with zero attached hydrogens (tertiary/aromatic N) is 5. The van der Waals surface area contributed by atoms with E-state index in [2.05, 4.69) is 15.1 Å². The second kappa shape index (κ2) is 6.69. The van der Waals surface area contributed by atoms with Crippen molar-refractivity contribution in [3.05, 3.63) is 71.8 Å². The molecule has 0 bridgehead atoms. The molecule has 4 aromatic rings. The normalized spacial score (nSPS) is 17.3. The summed E-state index contributed by atoms with van der Waals surface area (Å²) in [5.41, 5.74) is 2.39. The van der Waals surface area contributed by atoms with Crippen LogP contribution in [0.2, 0.25) is 0 Å². The predicted octanol–water partition coefficient (Wildman–Crippen LogP) is 2.80. The number of benzene rings is 2. The van der Waals surface area contributed by atoms with E-state index in [1.54, 1.807) is 4.52 Å². The average molecular weight is 373 g/mol. The molecular weight excluding hydrogens is 354 g/mol. The highest BCUT2D eigenvalue weighted by atomic mass is 16.5. The highest BCUT2D eigenvalue weighted by Gasteiger charge is 2.28. The summed E-state index contributed by atoms with van der Waals surface area (Å²) in [7, 11) is 0. The van der Waals surface area contributed by atoms with Gasteiger partial charge in [-0.3, -0.25) is 4.79 Å². The monoisotopic (exact) mass is 373 g/mol. The Bertz CT molecular complexity index is 1190. The van der Waals surface area contributed by atoms with Gasteiger partial charge in [0.15, 0.2) is 0 Å². The minimum absolute atomic E-state index is 0.0136. The molecular formula is C21H19N5O2. The van der Waals surface area contributed by atoms with Gasteiger partial charge >= 0.3 is 0 Å². The molecule has 1 fully saturated rings. The first-order valence-corrected chi connectivity index (χ1v) is 9.26. The number of aryl methyl sites for hydroxylation is 1. The number of carbonyl (C=O) groups excluding carboxylic acids is 1. The van der Waals surface area contributed by atoms with Gasteiger partial charge in [0, 0.05) is 17.8 Å². The highest BCUT2D eigenvalue weighted by Crippen LogP contribution is 2.25. The van der Waals surface area contributed by atoms with Crippen LogP contribution in [0.15, 0.2) is 54.9 Å². The Kier molecular flexibility index (Phi) is 4.02. The minimum Gasteiger partial charge on any atom is -0.368 e. The molecule has 28 heavy (non-hydrogen) atoms. The van der Waals surface area contributed by atoms with E-state index in [0.717, 1.165) is 22.2 Å². The third-order valence-corrected chi connectivity index (χ3v) is 5.09. The van der Waals surface area contributed by atoms with Crippen LogP contribution in [0.25, 0.3) is 16.6 Å². The van der Waals surface area contributed by atoms with Gasteiger partial charge in [-0.2, -0.15) is 14.6 Å². The van der Waals surface area contributed by atoms with Gasteiger partial charge in [0.1, 0.15) is 12.4 Å². The summed E-state index contributed by atoms with van der Waals surface area (Å²) in [4.78, 5) is 23.5. The molecule has 2 aromatic carbocycles. The first-order valence-electron chi connectivity index (χ1n) is 9.26. The Hall–Kier alpha value is -3.32. The largest absolute Gasteiger partial charge is 0.368 e. The van der Waals surface area contributed by atoms with E-state index in [-0.39, 0.29) is 12.0 Å². The van der Waals surface area contributed by atoms with Gasteiger partial charge in [0.05, 0.1) is 18.8 Å². The fourth-order valence-corrected chi connectivity index (χ4v) is 3.71. The van der Waals surface area contributed by atoms with E-state index in [4.69, 9.17) is 4.74 Å². The van der Waals surface area contributed by atoms with E-state index >= 15 is 0 Å². The Morgan fingerprint density at radius 1 is 1.14 bits per heavy atom. The van der Waals surface area contributed by atoms with E-state index < -0.39 is 0 Å². The SMILES string of the molecule is Cc1cc([C@H]2CN(C(=O)c3ccc4ccccc4c3)CCO2)n2ncnc2n1. The van der Waals surface area contributed by atoms with Gasteiger partial charge in [-0.15, -0.1) is 0 Å². The van der Waals surface area contributed by atoms with Gasteiger partial charge in [-0.25, -0.2) is 4.98 Å². The zero-order chi connectivity index (χ0) is 19.1. The number of hydrogen-bond acceptors (Lipinski definition) is 5. The van der Waals surface area contributed by atoms with Crippen molar-refractivity contribution in [3.8, 4) is 0 Å². The summed E-state index contributed by atoms with van der Waals surface area (Å²) in [5.74, 6) is 0.552. The lowest BCUT2D eigenvalue weighted by atomic mass is 10.1. The molecule has 0 unspecified atom stereocenters. The zero-order valence-corrected chi connectivity index (χ0v) is 15.4. The smallest absolute Gasteiger partial charge is 0.254 e. The third kappa shape index (κ3) is 2.90. The molecule has 0 spiro atoms. The van der Waals surface area contributed by atoms with Crippen LogP contribution in [0.5, 0.6) is 0 Å². The molecule has 0 radical (unpaired) electrons. The highest BCUT2D eigenvalue weighted by molar-refractivity contribution is 5.98. The van der Waals surface area contributed by atoms with Gasteiger partial charge < -0.3 is 9.64 Å². The maximum absolute atomic E-state index is 13.1. The maximum atomic E-state index is 13.1. The summed E-state index contributed by atoms with van der Waals surface area (Å²) in [6, 6.07) is 15.8. The molecule has 5 rings (SSSR count). The molecule has 1 amide bonds. The van der Waals surface area contributed by atoms with E-state index in [0.29, 0.717) is 31.0 Å². The van der Waals surface area contributed by atoms with Crippen LogP contribution >= 0.6 is 0 Å². The molecule has 1 saturated heterocycles. The maximum Gasteiger partial charge on any atom is 0.254 e. The Balaban J connectivity index is 1.44. The van der Waals surface area contributed by atoms with Crippen LogP contribution in [-0.2, 0) is 4.74 Å². The van der Waals surface area contributed by atoms with Crippen molar-refractivity contribution in [2.45, 2.75) is 13.0 Å². The number of aromatic nitrogens is 4. The molecule has 140 valence electrons. The topological polar surface area (TPSA) is 72.6 Å². The van der Waals surface area contributed by atoms with Gasteiger partial charge in [-0.1, -0.05) is 30.3 Å². The van der Waals surface area contributed by atoms with Crippen LogP contribution < -0.4 is 0 Å². The Morgan fingerprint density at radius 2 is 2.00 bits per heavy atom. The van der Waals surface area contributed by atoms with E-state index in [1.807, 2.05) is 60.4 Å². The quantitative estimate of drug-likeness (QED) is 0.540. The summed E-state index contributed by atoms with van der Waals surface area (Å²) in [5, 5.41) is 6.44. The van der Waals surface area contributed by atoms with Crippen molar-refractivity contribution in [2.24, 2.45) is 0 Å². The lowest BCUT2D eigenvalue weighted by Gasteiger charge is -2.33. The summed E-state index contributed by atoms with van der Waals surface area (Å²) < 4.78 is 7.65. The minimum atomic E-state index is -0.274. The molecule has 0 N–H and O–H groups in total. The summed E-state index contributed by atoms with van der Waals surface area (Å²) in [6.45, 7) is 3.41. The van der Waals surface area contributed by atoms with Crippen molar-refractivity contribution >= 4 is 22.5 Å². The van der Waals surface area contributed by atoms with Crippen molar-refractivity contribution in [1.82, 2.24) is 24.5 Å². The van der Waals surface area contributed by atoms with Gasteiger partial charge in [0.25, 0.3) is 11.7 Å². The number of ether oxygens (including phenoxy) is 1. The van der Waals surface area contributed by atoms with Crippen LogP contribution in [-0.4, -0.2) is 50.1 Å². The molecule has 1 atom stereocenters. The summed E-state index contributed by atoms with van der Waals surface area (Å²) in [6.07, 6.45) is 1.20. The van der Waals surface area contributed by atoms with Crippen molar-refractivity contribution in [3.63, 3.8) is 0 Å². The fraction of sp³-hybridized carbons (Fsp3) is 0.238. The first-order chi connectivity index (χ1) is 13.7. The van der Waals surface area contributed by atoms with Crippen LogP contribution in [0.4, 0.5) is 0 Å². The molecule has 1 aliphatic rings. The second-order valence-electron chi connectivity index (χ2n) is 6.97. The van der Waals surface area contributed by atoms with Crippen molar-refractivity contribution < 1.29 is 9.53 Å². The van der Waals surface area contributed by atoms with Crippen LogP contribution in [0, 0.1) is 6.92 Å². The number of amides is 1. The van der Waals surface area contributed by atoms with E-state index in [1.165, 1.54) is 6.33 Å². The van der Waals surface area contributed by atoms with Gasteiger partial charge in [0.2, 0.25) is 0 Å². The number of hydrogen-bond donors (Lipinski definition) is 0. The number of fused-ring (bicyclic) bond motifs is 2.